The fraction of sp³-hybridized carbons (Fsp3) is 0.120. The van der Waals surface area contributed by atoms with Gasteiger partial charge < -0.3 is 4.57 Å². The number of amidine groups is 3. The summed E-state index contributed by atoms with van der Waals surface area (Å²) in [6.45, 7) is 4.00. The van der Waals surface area contributed by atoms with Crippen LogP contribution in [0, 0.1) is 19.3 Å². The van der Waals surface area contributed by atoms with E-state index in [2.05, 4.69) is 26.1 Å². The maximum atomic E-state index is 12.8. The lowest BCUT2D eigenvalue weighted by molar-refractivity contribution is -0.114. The maximum Gasteiger partial charge on any atom is 0.283 e. The molecule has 0 radical (unpaired) electrons. The number of hydrogen-bond acceptors (Lipinski definition) is 5. The van der Waals surface area contributed by atoms with E-state index in [1.807, 2.05) is 62.4 Å². The van der Waals surface area contributed by atoms with Crippen molar-refractivity contribution in [1.29, 1.82) is 5.41 Å². The van der Waals surface area contributed by atoms with Gasteiger partial charge in [0.25, 0.3) is 5.91 Å². The van der Waals surface area contributed by atoms with Crippen molar-refractivity contribution in [2.75, 3.05) is 0 Å². The number of nitrogens with zero attached hydrogens (tertiary/aromatic N) is 4. The number of rotatable bonds is 4. The molecule has 5 rings (SSSR count). The van der Waals surface area contributed by atoms with Crippen LogP contribution in [0.4, 0.5) is 0 Å². The Morgan fingerprint density at radius 3 is 2.59 bits per heavy atom. The van der Waals surface area contributed by atoms with Gasteiger partial charge in [0.05, 0.1) is 17.5 Å². The van der Waals surface area contributed by atoms with Gasteiger partial charge in [0.1, 0.15) is 5.84 Å². The molecule has 1 aromatic heterocycles. The van der Waals surface area contributed by atoms with Gasteiger partial charge in [-0.25, -0.2) is 4.90 Å². The Hall–Kier alpha value is -3.07. The zero-order valence-corrected chi connectivity index (χ0v) is 20.8. The summed E-state index contributed by atoms with van der Waals surface area (Å²) < 4.78 is 6.56. The molecule has 170 valence electrons. The molecule has 0 saturated carbocycles. The zero-order chi connectivity index (χ0) is 23.8. The van der Waals surface area contributed by atoms with Crippen LogP contribution in [0.15, 0.2) is 75.6 Å². The molecule has 34 heavy (non-hydrogen) atoms. The number of hydrogen-bond donors (Lipinski definition) is 1. The van der Waals surface area contributed by atoms with Crippen LogP contribution in [-0.4, -0.2) is 31.5 Å². The lowest BCUT2D eigenvalue weighted by Crippen LogP contribution is -2.41. The molecule has 3 heterocycles. The number of aromatic nitrogens is 1. The average Bonchev–Trinajstić information content (AvgIpc) is 3.36. The Morgan fingerprint density at radius 2 is 1.85 bits per heavy atom. The summed E-state index contributed by atoms with van der Waals surface area (Å²) in [5.41, 5.74) is 5.23. The zero-order valence-electron chi connectivity index (χ0n) is 18.4. The van der Waals surface area contributed by atoms with Crippen LogP contribution < -0.4 is 0 Å². The largest absolute Gasteiger partial charge is 0.318 e. The lowest BCUT2D eigenvalue weighted by Gasteiger charge is -2.24. The third kappa shape index (κ3) is 4.24. The van der Waals surface area contributed by atoms with Gasteiger partial charge in [-0.3, -0.25) is 10.2 Å². The molecule has 3 aromatic rings. The standard InChI is InChI=1S/C25H20ClN5OS2/c1-15-12-18(16(2)30(15)20-10-8-19(26)9-11-20)13-21-22(27)31-24(28-23(21)32)34-29-25(31)33-14-17-6-4-3-5-7-17/h3-13,27H,14H2,1-2H3. The molecule has 1 amide bonds. The van der Waals surface area contributed by atoms with Crippen LogP contribution in [0.1, 0.15) is 22.5 Å². The molecule has 0 aliphatic carbocycles. The molecule has 0 spiro atoms. The van der Waals surface area contributed by atoms with Crippen molar-refractivity contribution in [2.24, 2.45) is 9.39 Å². The van der Waals surface area contributed by atoms with Gasteiger partial charge in [0.15, 0.2) is 5.17 Å². The number of nitrogens with one attached hydrogen (secondary N) is 1. The Morgan fingerprint density at radius 1 is 1.12 bits per heavy atom. The first-order chi connectivity index (χ1) is 16.4. The highest BCUT2D eigenvalue weighted by molar-refractivity contribution is 8.18. The van der Waals surface area contributed by atoms with Gasteiger partial charge in [-0.1, -0.05) is 53.7 Å². The summed E-state index contributed by atoms with van der Waals surface area (Å²) >= 11 is 8.71. The number of aryl methyl sites for hydroxylation is 1. The topological polar surface area (TPSA) is 73.8 Å². The number of carbonyl (C=O) groups is 1. The first-order valence-corrected chi connectivity index (χ1v) is 12.7. The van der Waals surface area contributed by atoms with Crippen molar-refractivity contribution in [1.82, 2.24) is 9.47 Å². The lowest BCUT2D eigenvalue weighted by atomic mass is 10.1. The highest BCUT2D eigenvalue weighted by Gasteiger charge is 2.37. The first kappa shape index (κ1) is 22.7. The second-order valence-electron chi connectivity index (χ2n) is 7.82. The molecule has 0 fully saturated rings. The predicted octanol–water partition coefficient (Wildman–Crippen LogP) is 6.26. The molecule has 0 atom stereocenters. The van der Waals surface area contributed by atoms with Gasteiger partial charge in [-0.05, 0) is 61.4 Å². The van der Waals surface area contributed by atoms with Crippen molar-refractivity contribution in [3.8, 4) is 5.69 Å². The van der Waals surface area contributed by atoms with Crippen LogP contribution in [0.5, 0.6) is 0 Å². The van der Waals surface area contributed by atoms with Gasteiger partial charge in [-0.15, -0.1) is 0 Å². The smallest absolute Gasteiger partial charge is 0.283 e. The molecule has 2 aliphatic rings. The monoisotopic (exact) mass is 505 g/mol. The summed E-state index contributed by atoms with van der Waals surface area (Å²) in [6, 6.07) is 19.7. The normalized spacial score (nSPS) is 16.7. The molecular weight excluding hydrogens is 486 g/mol. The Balaban J connectivity index is 1.44. The molecule has 6 nitrogen and oxygen atoms in total. The van der Waals surface area contributed by atoms with Crippen LogP contribution in [0.25, 0.3) is 11.8 Å². The van der Waals surface area contributed by atoms with E-state index in [0.29, 0.717) is 21.1 Å². The second kappa shape index (κ2) is 9.29. The fourth-order valence-corrected chi connectivity index (χ4v) is 5.82. The maximum absolute atomic E-state index is 12.8. The van der Waals surface area contributed by atoms with Crippen molar-refractivity contribution in [2.45, 2.75) is 19.6 Å². The summed E-state index contributed by atoms with van der Waals surface area (Å²) in [5, 5.41) is 10.6. The molecule has 0 saturated heterocycles. The minimum absolute atomic E-state index is 0.0932. The summed E-state index contributed by atoms with van der Waals surface area (Å²) in [5.74, 6) is 0.382. The number of halogens is 1. The number of carbonyl (C=O) groups excluding carboxylic acids is 1. The molecule has 2 aliphatic heterocycles. The predicted molar refractivity (Wildman–Crippen MR) is 143 cm³/mol. The Kier molecular flexibility index (Phi) is 6.20. The Bertz CT molecular complexity index is 1390. The minimum atomic E-state index is -0.426. The number of fused-ring (bicyclic) bond motifs is 1. The highest BCUT2D eigenvalue weighted by atomic mass is 35.5. The SMILES string of the molecule is Cc1cc(C=C2C(=N)N3C(SCc4ccccc4)=NSC3=NC2=O)c(C)n1-c1ccc(Cl)cc1. The van der Waals surface area contributed by atoms with Crippen molar-refractivity contribution < 1.29 is 4.79 Å². The quantitative estimate of drug-likeness (QED) is 0.335. The van der Waals surface area contributed by atoms with E-state index in [0.717, 1.165) is 40.2 Å². The number of aliphatic imine (C=N–C) groups is 1. The molecule has 1 N–H and O–H groups in total. The molecule has 9 heteroatoms. The van der Waals surface area contributed by atoms with E-state index in [4.69, 9.17) is 17.0 Å². The number of thioether (sulfide) groups is 1. The van der Waals surface area contributed by atoms with E-state index >= 15 is 0 Å². The van der Waals surface area contributed by atoms with Crippen LogP contribution in [0.2, 0.25) is 5.02 Å². The molecule has 0 unspecified atom stereocenters. The molecular formula is C25H20ClN5OS2. The second-order valence-corrected chi connectivity index (χ2v) is 9.93. The third-order valence-corrected chi connectivity index (χ3v) is 7.64. The van der Waals surface area contributed by atoms with Crippen LogP contribution in [-0.2, 0) is 10.5 Å². The van der Waals surface area contributed by atoms with Crippen molar-refractivity contribution in [3.63, 3.8) is 0 Å². The van der Waals surface area contributed by atoms with E-state index in [-0.39, 0.29) is 11.4 Å². The van der Waals surface area contributed by atoms with Crippen LogP contribution >= 0.6 is 35.3 Å². The minimum Gasteiger partial charge on any atom is -0.318 e. The molecule has 0 bridgehead atoms. The average molecular weight is 506 g/mol. The van der Waals surface area contributed by atoms with Gasteiger partial charge in [-0.2, -0.15) is 9.39 Å². The van der Waals surface area contributed by atoms with E-state index in [1.54, 1.807) is 11.0 Å². The van der Waals surface area contributed by atoms with Crippen molar-refractivity contribution >= 4 is 63.5 Å². The van der Waals surface area contributed by atoms with E-state index < -0.39 is 5.91 Å². The van der Waals surface area contributed by atoms with Gasteiger partial charge in [0, 0.05) is 27.9 Å². The van der Waals surface area contributed by atoms with Gasteiger partial charge in [0.2, 0.25) is 5.17 Å². The fourth-order valence-electron chi connectivity index (χ4n) is 3.89. The number of benzene rings is 2. The Labute approximate surface area is 211 Å². The third-order valence-electron chi connectivity index (χ3n) is 5.56. The molecule has 2 aromatic carbocycles. The summed E-state index contributed by atoms with van der Waals surface area (Å²) in [4.78, 5) is 18.7. The van der Waals surface area contributed by atoms with E-state index in [1.165, 1.54) is 11.8 Å². The van der Waals surface area contributed by atoms with E-state index in [9.17, 15) is 4.79 Å². The summed E-state index contributed by atoms with van der Waals surface area (Å²) in [7, 11) is 0. The highest BCUT2D eigenvalue weighted by Crippen LogP contribution is 2.33. The van der Waals surface area contributed by atoms with Crippen molar-refractivity contribution in [3.05, 3.63) is 93.8 Å². The number of amides is 1. The summed E-state index contributed by atoms with van der Waals surface area (Å²) in [6.07, 6.45) is 1.75. The van der Waals surface area contributed by atoms with Gasteiger partial charge >= 0.3 is 0 Å². The first-order valence-electron chi connectivity index (χ1n) is 10.5. The van der Waals surface area contributed by atoms with Crippen LogP contribution in [0.3, 0.4) is 0 Å².